The highest BCUT2D eigenvalue weighted by molar-refractivity contribution is 5.85. The second kappa shape index (κ2) is 6.61. The second-order valence-electron chi connectivity index (χ2n) is 3.80. The van der Waals surface area contributed by atoms with Gasteiger partial charge in [-0.1, -0.05) is 26.3 Å². The van der Waals surface area contributed by atoms with Crippen LogP contribution in [0.1, 0.15) is 31.9 Å². The van der Waals surface area contributed by atoms with E-state index in [1.54, 1.807) is 19.2 Å². The van der Waals surface area contributed by atoms with Gasteiger partial charge < -0.3 is 15.6 Å². The second-order valence-corrected chi connectivity index (χ2v) is 3.80. The van der Waals surface area contributed by atoms with Crippen LogP contribution in [0.3, 0.4) is 0 Å². The van der Waals surface area contributed by atoms with Crippen molar-refractivity contribution in [2.75, 3.05) is 7.11 Å². The lowest BCUT2D eigenvalue weighted by Gasteiger charge is -2.21. The minimum absolute atomic E-state index is 0. The summed E-state index contributed by atoms with van der Waals surface area (Å²) in [5.74, 6) is 1.18. The molecule has 0 aliphatic rings. The summed E-state index contributed by atoms with van der Waals surface area (Å²) >= 11 is 0. The molecule has 0 heterocycles. The topological polar surface area (TPSA) is 55.5 Å². The van der Waals surface area contributed by atoms with Gasteiger partial charge in [0.25, 0.3) is 0 Å². The number of nitrogens with two attached hydrogens (primary N) is 1. The quantitative estimate of drug-likeness (QED) is 0.858. The van der Waals surface area contributed by atoms with Gasteiger partial charge in [0.2, 0.25) is 0 Å². The van der Waals surface area contributed by atoms with Crippen LogP contribution < -0.4 is 10.5 Å². The highest BCUT2D eigenvalue weighted by Gasteiger charge is 2.20. The predicted octanol–water partition coefficient (Wildman–Crippen LogP) is 2.87. The number of hydrogen-bond acceptors (Lipinski definition) is 3. The first-order valence-corrected chi connectivity index (χ1v) is 5.23. The Labute approximate surface area is 103 Å². The molecule has 0 saturated carbocycles. The van der Waals surface area contributed by atoms with Crippen LogP contribution in [-0.4, -0.2) is 12.2 Å². The van der Waals surface area contributed by atoms with Crippen LogP contribution in [0.5, 0.6) is 11.5 Å². The minimum Gasteiger partial charge on any atom is -0.507 e. The normalized spacial score (nSPS) is 13.8. The molecule has 0 aliphatic heterocycles. The Morgan fingerprint density at radius 3 is 2.56 bits per heavy atom. The lowest BCUT2D eigenvalue weighted by Crippen LogP contribution is -2.19. The minimum atomic E-state index is -0.189. The molecule has 1 aromatic rings. The zero-order valence-electron chi connectivity index (χ0n) is 9.93. The summed E-state index contributed by atoms with van der Waals surface area (Å²) in [6.07, 6.45) is 0.971. The van der Waals surface area contributed by atoms with E-state index in [-0.39, 0.29) is 24.2 Å². The third-order valence-electron chi connectivity index (χ3n) is 2.85. The Kier molecular flexibility index (Phi) is 6.22. The molecular formula is C12H20ClNO2. The van der Waals surface area contributed by atoms with E-state index in [0.717, 1.165) is 6.42 Å². The average molecular weight is 246 g/mol. The van der Waals surface area contributed by atoms with Crippen molar-refractivity contribution in [3.63, 3.8) is 0 Å². The molecule has 0 saturated heterocycles. The molecule has 1 aromatic carbocycles. The number of methoxy groups -OCH3 is 1. The van der Waals surface area contributed by atoms with E-state index in [1.807, 2.05) is 6.07 Å². The summed E-state index contributed by atoms with van der Waals surface area (Å²) < 4.78 is 5.20. The number of phenolic OH excluding ortho intramolecular Hbond substituents is 1. The number of ether oxygens (including phenoxy) is 1. The maximum Gasteiger partial charge on any atom is 0.127 e. The number of hydrogen-bond donors (Lipinski definition) is 2. The molecule has 16 heavy (non-hydrogen) atoms. The van der Waals surface area contributed by atoms with E-state index in [2.05, 4.69) is 13.8 Å². The summed E-state index contributed by atoms with van der Waals surface area (Å²) in [6, 6.07) is 5.02. The summed E-state index contributed by atoms with van der Waals surface area (Å²) in [5, 5.41) is 9.78. The molecule has 0 bridgehead atoms. The van der Waals surface area contributed by atoms with Crippen molar-refractivity contribution in [3.8, 4) is 11.5 Å². The molecule has 0 radical (unpaired) electrons. The molecule has 2 atom stereocenters. The number of halogens is 1. The van der Waals surface area contributed by atoms with Gasteiger partial charge in [-0.05, 0) is 18.1 Å². The molecule has 3 N–H and O–H groups in total. The molecule has 1 rings (SSSR count). The van der Waals surface area contributed by atoms with Crippen LogP contribution in [0.4, 0.5) is 0 Å². The first-order valence-electron chi connectivity index (χ1n) is 5.23. The Balaban J connectivity index is 0.00000225. The van der Waals surface area contributed by atoms with E-state index in [0.29, 0.717) is 17.2 Å². The van der Waals surface area contributed by atoms with E-state index in [4.69, 9.17) is 10.5 Å². The number of phenols is 1. The molecule has 92 valence electrons. The Morgan fingerprint density at radius 2 is 2.06 bits per heavy atom. The summed E-state index contributed by atoms with van der Waals surface area (Å²) in [4.78, 5) is 0. The number of rotatable bonds is 4. The van der Waals surface area contributed by atoms with Gasteiger partial charge in [-0.2, -0.15) is 0 Å². The first-order chi connectivity index (χ1) is 7.11. The SMILES string of the molecule is CCC(C)[C@@H](N)c1c(O)cccc1OC.Cl. The van der Waals surface area contributed by atoms with E-state index in [9.17, 15) is 5.11 Å². The summed E-state index contributed by atoms with van der Waals surface area (Å²) in [5.41, 5.74) is 6.79. The van der Waals surface area contributed by atoms with Gasteiger partial charge >= 0.3 is 0 Å². The smallest absolute Gasteiger partial charge is 0.127 e. The lowest BCUT2D eigenvalue weighted by molar-refractivity contribution is 0.372. The third-order valence-corrected chi connectivity index (χ3v) is 2.85. The average Bonchev–Trinajstić information content (AvgIpc) is 2.26. The number of aromatic hydroxyl groups is 1. The first kappa shape index (κ1) is 15.1. The molecule has 4 heteroatoms. The van der Waals surface area contributed by atoms with Gasteiger partial charge in [0, 0.05) is 6.04 Å². The van der Waals surface area contributed by atoms with Crippen LogP contribution in [0, 0.1) is 5.92 Å². The highest BCUT2D eigenvalue weighted by atomic mass is 35.5. The van der Waals surface area contributed by atoms with Gasteiger partial charge in [0.1, 0.15) is 11.5 Å². The number of benzene rings is 1. The van der Waals surface area contributed by atoms with Crippen LogP contribution in [0.15, 0.2) is 18.2 Å². The van der Waals surface area contributed by atoms with Gasteiger partial charge in [-0.15, -0.1) is 12.4 Å². The van der Waals surface area contributed by atoms with Crippen molar-refractivity contribution in [1.82, 2.24) is 0 Å². The Bertz CT molecular complexity index is 331. The zero-order chi connectivity index (χ0) is 11.4. The zero-order valence-corrected chi connectivity index (χ0v) is 10.8. The molecule has 0 spiro atoms. The van der Waals surface area contributed by atoms with Crippen molar-refractivity contribution in [3.05, 3.63) is 23.8 Å². The molecule has 0 aliphatic carbocycles. The maximum absolute atomic E-state index is 9.78. The largest absolute Gasteiger partial charge is 0.507 e. The van der Waals surface area contributed by atoms with Gasteiger partial charge in [-0.25, -0.2) is 0 Å². The van der Waals surface area contributed by atoms with Crippen LogP contribution in [0.25, 0.3) is 0 Å². The standard InChI is InChI=1S/C12H19NO2.ClH/c1-4-8(2)12(13)11-9(14)6-5-7-10(11)15-3;/h5-8,12,14H,4,13H2,1-3H3;1H/t8?,12-;/m1./s1. The third kappa shape index (κ3) is 3.03. The highest BCUT2D eigenvalue weighted by Crippen LogP contribution is 2.36. The fourth-order valence-electron chi connectivity index (χ4n) is 1.58. The van der Waals surface area contributed by atoms with Crippen molar-refractivity contribution in [1.29, 1.82) is 0 Å². The van der Waals surface area contributed by atoms with E-state index < -0.39 is 0 Å². The molecule has 0 aromatic heterocycles. The Hall–Kier alpha value is -0.930. The van der Waals surface area contributed by atoms with Crippen LogP contribution in [-0.2, 0) is 0 Å². The molecular weight excluding hydrogens is 226 g/mol. The maximum atomic E-state index is 9.78. The monoisotopic (exact) mass is 245 g/mol. The van der Waals surface area contributed by atoms with Crippen molar-refractivity contribution < 1.29 is 9.84 Å². The van der Waals surface area contributed by atoms with Crippen LogP contribution >= 0.6 is 12.4 Å². The summed E-state index contributed by atoms with van der Waals surface area (Å²) in [6.45, 7) is 4.15. The van der Waals surface area contributed by atoms with E-state index >= 15 is 0 Å². The summed E-state index contributed by atoms with van der Waals surface area (Å²) in [7, 11) is 1.58. The van der Waals surface area contributed by atoms with Crippen molar-refractivity contribution in [2.24, 2.45) is 11.7 Å². The Morgan fingerprint density at radius 1 is 1.44 bits per heavy atom. The van der Waals surface area contributed by atoms with Gasteiger partial charge in [0.15, 0.2) is 0 Å². The fourth-order valence-corrected chi connectivity index (χ4v) is 1.58. The van der Waals surface area contributed by atoms with Gasteiger partial charge in [-0.3, -0.25) is 0 Å². The molecule has 0 fully saturated rings. The van der Waals surface area contributed by atoms with Crippen molar-refractivity contribution >= 4 is 12.4 Å². The molecule has 0 amide bonds. The van der Waals surface area contributed by atoms with Gasteiger partial charge in [0.05, 0.1) is 12.7 Å². The van der Waals surface area contributed by atoms with Crippen LogP contribution in [0.2, 0.25) is 0 Å². The predicted molar refractivity (Wildman–Crippen MR) is 68.3 cm³/mol. The van der Waals surface area contributed by atoms with Crippen molar-refractivity contribution in [2.45, 2.75) is 26.3 Å². The lowest BCUT2D eigenvalue weighted by atomic mass is 9.92. The molecule has 1 unspecified atom stereocenters. The fraction of sp³-hybridized carbons (Fsp3) is 0.500. The van der Waals surface area contributed by atoms with E-state index in [1.165, 1.54) is 0 Å². The molecule has 3 nitrogen and oxygen atoms in total.